The second-order valence-electron chi connectivity index (χ2n) is 3.05. The zero-order valence-electron chi connectivity index (χ0n) is 9.17. The monoisotopic (exact) mass is 233 g/mol. The molecule has 0 saturated carbocycles. The zero-order chi connectivity index (χ0) is 12.7. The number of ether oxygens (including phenoxy) is 1. The fraction of sp³-hybridized carbons (Fsp3) is 0.200. The van der Waals surface area contributed by atoms with Gasteiger partial charge in [-0.1, -0.05) is 17.2 Å². The second kappa shape index (κ2) is 6.14. The summed E-state index contributed by atoms with van der Waals surface area (Å²) in [6.07, 6.45) is 0. The van der Waals surface area contributed by atoms with Crippen LogP contribution in [0, 0.1) is 5.41 Å². The first-order chi connectivity index (χ1) is 8.17. The van der Waals surface area contributed by atoms with Crippen molar-refractivity contribution in [2.75, 3.05) is 13.7 Å². The predicted octanol–water partition coefficient (Wildman–Crippen LogP) is 1.98. The molecule has 0 bridgehead atoms. The predicted molar refractivity (Wildman–Crippen MR) is 62.3 cm³/mol. The van der Waals surface area contributed by atoms with E-state index < -0.39 is 0 Å². The quantitative estimate of drug-likeness (QED) is 0.272. The molecule has 0 aromatic heterocycles. The van der Waals surface area contributed by atoms with Crippen molar-refractivity contribution in [2.45, 2.75) is 0 Å². The van der Waals surface area contributed by atoms with Crippen molar-refractivity contribution in [2.24, 2.45) is 5.11 Å². The minimum atomic E-state index is -0.320. The molecule has 7 nitrogen and oxygen atoms in total. The Labute approximate surface area is 97.5 Å². The van der Waals surface area contributed by atoms with Crippen LogP contribution in [0.3, 0.4) is 0 Å². The molecule has 88 valence electrons. The number of amides is 1. The summed E-state index contributed by atoms with van der Waals surface area (Å²) < 4.78 is 4.60. The number of hydrogen-bond acceptors (Lipinski definition) is 4. The second-order valence-corrected chi connectivity index (χ2v) is 3.05. The van der Waals surface area contributed by atoms with Crippen molar-refractivity contribution < 1.29 is 9.53 Å². The van der Waals surface area contributed by atoms with Crippen LogP contribution in [0.2, 0.25) is 0 Å². The van der Waals surface area contributed by atoms with E-state index in [1.54, 1.807) is 0 Å². The molecular formula is C10H11N5O2. The minimum Gasteiger partial charge on any atom is -0.483 e. The molecule has 0 aliphatic heterocycles. The van der Waals surface area contributed by atoms with Gasteiger partial charge in [-0.3, -0.25) is 10.2 Å². The Morgan fingerprint density at radius 3 is 2.71 bits per heavy atom. The molecule has 0 heterocycles. The average Bonchev–Trinajstić information content (AvgIpc) is 2.36. The lowest BCUT2D eigenvalue weighted by Crippen LogP contribution is -2.29. The fourth-order valence-electron chi connectivity index (χ4n) is 1.07. The van der Waals surface area contributed by atoms with Gasteiger partial charge in [0.05, 0.1) is 13.7 Å². The van der Waals surface area contributed by atoms with E-state index in [2.05, 4.69) is 20.1 Å². The molecule has 0 spiro atoms. The van der Waals surface area contributed by atoms with Crippen molar-refractivity contribution in [1.29, 1.82) is 5.41 Å². The highest BCUT2D eigenvalue weighted by molar-refractivity contribution is 5.96. The van der Waals surface area contributed by atoms with Crippen LogP contribution in [-0.2, 0) is 4.74 Å². The van der Waals surface area contributed by atoms with E-state index in [0.717, 1.165) is 0 Å². The van der Waals surface area contributed by atoms with Crippen LogP contribution < -0.4 is 5.32 Å². The van der Waals surface area contributed by atoms with Gasteiger partial charge in [-0.25, -0.2) is 0 Å². The van der Waals surface area contributed by atoms with E-state index in [1.807, 2.05) is 0 Å². The summed E-state index contributed by atoms with van der Waals surface area (Å²) in [6.45, 7) is 0.0352. The molecule has 17 heavy (non-hydrogen) atoms. The Balaban J connectivity index is 2.63. The number of carbonyl (C=O) groups is 1. The smallest absolute Gasteiger partial charge is 0.251 e. The Morgan fingerprint density at radius 2 is 2.18 bits per heavy atom. The lowest BCUT2D eigenvalue weighted by Gasteiger charge is -2.05. The molecule has 7 heteroatoms. The highest BCUT2D eigenvalue weighted by Crippen LogP contribution is 2.12. The number of azide groups is 1. The minimum absolute atomic E-state index is 0.0240. The summed E-state index contributed by atoms with van der Waals surface area (Å²) >= 11 is 0. The van der Waals surface area contributed by atoms with Crippen molar-refractivity contribution in [1.82, 2.24) is 5.32 Å². The number of hydrogen-bond donors (Lipinski definition) is 2. The molecule has 1 aromatic carbocycles. The SMILES string of the molecule is COC(=N)CNC(=O)c1ccc(N=[N+]=[N-])cc1. The molecule has 0 radical (unpaired) electrons. The van der Waals surface area contributed by atoms with E-state index in [-0.39, 0.29) is 18.3 Å². The van der Waals surface area contributed by atoms with Gasteiger partial charge in [0.2, 0.25) is 0 Å². The number of rotatable bonds is 4. The van der Waals surface area contributed by atoms with Gasteiger partial charge >= 0.3 is 0 Å². The molecule has 0 aliphatic carbocycles. The third-order valence-corrected chi connectivity index (χ3v) is 1.95. The molecule has 1 rings (SSSR count). The van der Waals surface area contributed by atoms with Gasteiger partial charge in [-0.15, -0.1) is 0 Å². The number of methoxy groups -OCH3 is 1. The van der Waals surface area contributed by atoms with Gasteiger partial charge in [-0.05, 0) is 17.7 Å². The number of benzene rings is 1. The van der Waals surface area contributed by atoms with Gasteiger partial charge < -0.3 is 10.1 Å². The normalized spacial score (nSPS) is 9.00. The lowest BCUT2D eigenvalue weighted by atomic mass is 10.2. The first kappa shape index (κ1) is 12.5. The summed E-state index contributed by atoms with van der Waals surface area (Å²) in [6, 6.07) is 6.15. The summed E-state index contributed by atoms with van der Waals surface area (Å²) in [4.78, 5) is 14.2. The number of nitrogens with one attached hydrogen (secondary N) is 2. The van der Waals surface area contributed by atoms with E-state index in [0.29, 0.717) is 11.3 Å². The first-order valence-corrected chi connectivity index (χ1v) is 4.72. The molecule has 1 aromatic rings. The Bertz CT molecular complexity index is 462. The maximum atomic E-state index is 11.6. The molecule has 2 N–H and O–H groups in total. The largest absolute Gasteiger partial charge is 0.483 e. The van der Waals surface area contributed by atoms with Crippen LogP contribution in [0.5, 0.6) is 0 Å². The zero-order valence-corrected chi connectivity index (χ0v) is 9.17. The Morgan fingerprint density at radius 1 is 1.53 bits per heavy atom. The Hall–Kier alpha value is -2.53. The molecule has 0 unspecified atom stereocenters. The highest BCUT2D eigenvalue weighted by atomic mass is 16.5. The van der Waals surface area contributed by atoms with E-state index in [1.165, 1.54) is 31.4 Å². The van der Waals surface area contributed by atoms with Crippen LogP contribution in [0.4, 0.5) is 5.69 Å². The van der Waals surface area contributed by atoms with Gasteiger partial charge in [0.15, 0.2) is 5.90 Å². The van der Waals surface area contributed by atoms with Crippen molar-refractivity contribution in [3.8, 4) is 0 Å². The molecule has 0 saturated heterocycles. The topological polar surface area (TPSA) is 111 Å². The van der Waals surface area contributed by atoms with Crippen molar-refractivity contribution >= 4 is 17.5 Å². The van der Waals surface area contributed by atoms with E-state index in [4.69, 9.17) is 10.9 Å². The van der Waals surface area contributed by atoms with Crippen LogP contribution in [0.15, 0.2) is 29.4 Å². The third-order valence-electron chi connectivity index (χ3n) is 1.95. The first-order valence-electron chi connectivity index (χ1n) is 4.72. The molecule has 0 aliphatic rings. The molecule has 0 fully saturated rings. The average molecular weight is 233 g/mol. The van der Waals surface area contributed by atoms with Crippen molar-refractivity contribution in [3.05, 3.63) is 40.3 Å². The molecular weight excluding hydrogens is 222 g/mol. The van der Waals surface area contributed by atoms with E-state index in [9.17, 15) is 4.79 Å². The molecule has 1 amide bonds. The van der Waals surface area contributed by atoms with E-state index >= 15 is 0 Å². The number of nitrogens with zero attached hydrogens (tertiary/aromatic N) is 3. The highest BCUT2D eigenvalue weighted by Gasteiger charge is 2.05. The van der Waals surface area contributed by atoms with Gasteiger partial charge in [0, 0.05) is 16.2 Å². The summed E-state index contributed by atoms with van der Waals surface area (Å²) in [5.41, 5.74) is 9.07. The molecule has 0 atom stereocenters. The number of carbonyl (C=O) groups excluding carboxylic acids is 1. The lowest BCUT2D eigenvalue weighted by molar-refractivity contribution is 0.0957. The van der Waals surface area contributed by atoms with Gasteiger partial charge in [-0.2, -0.15) is 0 Å². The van der Waals surface area contributed by atoms with Gasteiger partial charge in [0.25, 0.3) is 5.91 Å². The Kier molecular flexibility index (Phi) is 4.53. The maximum absolute atomic E-state index is 11.6. The van der Waals surface area contributed by atoms with Gasteiger partial charge in [0.1, 0.15) is 0 Å². The van der Waals surface area contributed by atoms with Crippen LogP contribution in [0.1, 0.15) is 10.4 Å². The van der Waals surface area contributed by atoms with Crippen LogP contribution >= 0.6 is 0 Å². The summed E-state index contributed by atoms with van der Waals surface area (Å²) in [7, 11) is 1.36. The van der Waals surface area contributed by atoms with Crippen molar-refractivity contribution in [3.63, 3.8) is 0 Å². The van der Waals surface area contributed by atoms with Crippen LogP contribution in [-0.4, -0.2) is 25.5 Å². The summed E-state index contributed by atoms with van der Waals surface area (Å²) in [5, 5.41) is 13.1. The maximum Gasteiger partial charge on any atom is 0.251 e. The third kappa shape index (κ3) is 3.84. The summed E-state index contributed by atoms with van der Waals surface area (Å²) in [5.74, 6) is -0.344. The fourth-order valence-corrected chi connectivity index (χ4v) is 1.07. The standard InChI is InChI=1S/C10H11N5O2/c1-17-9(11)6-13-10(16)7-2-4-8(5-3-7)14-15-12/h2-5,11H,6H2,1H3,(H,13,16). The van der Waals surface area contributed by atoms with Crippen LogP contribution in [0.25, 0.3) is 10.4 Å².